The molecule has 4 aromatic carbocycles. The number of fused-ring (bicyclic) bond motifs is 1. The van der Waals surface area contributed by atoms with Gasteiger partial charge in [0, 0.05) is 11.1 Å². The van der Waals surface area contributed by atoms with Gasteiger partial charge >= 0.3 is 0 Å². The normalized spacial score (nSPS) is 16.9. The molecule has 1 heterocycles. The van der Waals surface area contributed by atoms with Crippen molar-refractivity contribution in [2.45, 2.75) is 36.4 Å². The van der Waals surface area contributed by atoms with Gasteiger partial charge in [0.25, 0.3) is 0 Å². The second-order valence-corrected chi connectivity index (χ2v) is 12.6. The Morgan fingerprint density at radius 1 is 0.679 bits per heavy atom. The Bertz CT molecular complexity index is 1970. The first-order chi connectivity index (χ1) is 27.1. The fourth-order valence-electron chi connectivity index (χ4n) is 6.48. The number of aldehydes is 1. The third kappa shape index (κ3) is 8.56. The molecular weight excluding hydrogens is 732 g/mol. The van der Waals surface area contributed by atoms with Crippen LogP contribution in [0.2, 0.25) is 0 Å². The van der Waals surface area contributed by atoms with Gasteiger partial charge in [-0.1, -0.05) is 18.2 Å². The predicted molar refractivity (Wildman–Crippen MR) is 201 cm³/mol. The molecule has 6 atom stereocenters. The topological polar surface area (TPSA) is 212 Å². The number of carbonyl (C=O) groups excluding carboxylic acids is 1. The fraction of sp³-hybridized carbons (Fsp3) is 0.341. The summed E-state index contributed by atoms with van der Waals surface area (Å²) < 4.78 is 46.1. The molecule has 4 aromatic rings. The third-order valence-electron chi connectivity index (χ3n) is 9.40. The summed E-state index contributed by atoms with van der Waals surface area (Å²) in [7, 11) is 7.06. The van der Waals surface area contributed by atoms with E-state index >= 15 is 0 Å². The Morgan fingerprint density at radius 3 is 1.80 bits per heavy atom. The number of aliphatic hydroxyl groups is 5. The van der Waals surface area contributed by atoms with Gasteiger partial charge in [-0.3, -0.25) is 4.79 Å². The summed E-state index contributed by atoms with van der Waals surface area (Å²) in [5.74, 6) is 1.06. The average molecular weight is 779 g/mol. The summed E-state index contributed by atoms with van der Waals surface area (Å²) in [6, 6.07) is 15.5. The van der Waals surface area contributed by atoms with Gasteiger partial charge in [0.1, 0.15) is 24.6 Å². The summed E-state index contributed by atoms with van der Waals surface area (Å²) in [5.41, 5.74) is 2.51. The Kier molecular flexibility index (Phi) is 13.9. The molecule has 0 spiro atoms. The molecule has 0 aliphatic carbocycles. The molecule has 15 heteroatoms. The number of benzene rings is 4. The number of hydrogen-bond acceptors (Lipinski definition) is 15. The van der Waals surface area contributed by atoms with Crippen LogP contribution in [0.4, 0.5) is 0 Å². The van der Waals surface area contributed by atoms with Gasteiger partial charge in [-0.15, -0.1) is 0 Å². The lowest BCUT2D eigenvalue weighted by Gasteiger charge is -2.27. The van der Waals surface area contributed by atoms with Crippen molar-refractivity contribution in [1.29, 1.82) is 0 Å². The number of aliphatic hydroxyl groups excluding tert-OH is 5. The van der Waals surface area contributed by atoms with Gasteiger partial charge in [-0.05, 0) is 71.3 Å². The van der Waals surface area contributed by atoms with E-state index < -0.39 is 49.7 Å². The first kappa shape index (κ1) is 41.5. The number of phenolic OH excluding ortho intramolecular Hbond substituents is 1. The van der Waals surface area contributed by atoms with E-state index in [2.05, 4.69) is 0 Å². The van der Waals surface area contributed by atoms with E-state index in [1.54, 1.807) is 24.3 Å². The lowest BCUT2D eigenvalue weighted by molar-refractivity contribution is -0.104. The molecule has 5 rings (SSSR count). The summed E-state index contributed by atoms with van der Waals surface area (Å²) in [5, 5.41) is 63.4. The number of rotatable bonds is 19. The van der Waals surface area contributed by atoms with Crippen LogP contribution in [0.25, 0.3) is 6.08 Å². The second kappa shape index (κ2) is 18.8. The molecule has 56 heavy (non-hydrogen) atoms. The number of hydrogen-bond donors (Lipinski definition) is 6. The number of aromatic hydroxyl groups is 1. The first-order valence-electron chi connectivity index (χ1n) is 17.4. The molecule has 0 aromatic heterocycles. The van der Waals surface area contributed by atoms with Gasteiger partial charge in [0.15, 0.2) is 58.2 Å². The van der Waals surface area contributed by atoms with E-state index in [4.69, 9.17) is 37.9 Å². The molecule has 15 nitrogen and oxygen atoms in total. The Morgan fingerprint density at radius 2 is 1.25 bits per heavy atom. The van der Waals surface area contributed by atoms with Crippen molar-refractivity contribution in [3.63, 3.8) is 0 Å². The van der Waals surface area contributed by atoms with Crippen LogP contribution < -0.4 is 37.9 Å². The fourth-order valence-corrected chi connectivity index (χ4v) is 6.48. The summed E-state index contributed by atoms with van der Waals surface area (Å²) in [6.07, 6.45) is -2.25. The van der Waals surface area contributed by atoms with Crippen LogP contribution in [0.15, 0.2) is 66.7 Å². The van der Waals surface area contributed by atoms with Crippen LogP contribution in [-0.2, 0) is 4.79 Å². The van der Waals surface area contributed by atoms with Crippen LogP contribution in [0.3, 0.4) is 0 Å². The first-order valence-corrected chi connectivity index (χ1v) is 17.4. The molecule has 0 saturated carbocycles. The van der Waals surface area contributed by atoms with E-state index in [9.17, 15) is 35.4 Å². The van der Waals surface area contributed by atoms with E-state index in [0.717, 1.165) is 0 Å². The number of carbonyl (C=O) groups is 1. The van der Waals surface area contributed by atoms with Crippen molar-refractivity contribution >= 4 is 12.4 Å². The lowest BCUT2D eigenvalue weighted by Crippen LogP contribution is -2.30. The Balaban J connectivity index is 1.39. The van der Waals surface area contributed by atoms with E-state index in [1.165, 1.54) is 78.0 Å². The highest BCUT2D eigenvalue weighted by Gasteiger charge is 2.39. The minimum atomic E-state index is -1.43. The van der Waals surface area contributed by atoms with Crippen LogP contribution >= 0.6 is 0 Å². The monoisotopic (exact) mass is 778 g/mol. The summed E-state index contributed by atoms with van der Waals surface area (Å²) >= 11 is 0. The summed E-state index contributed by atoms with van der Waals surface area (Å²) in [4.78, 5) is 10.9. The highest BCUT2D eigenvalue weighted by molar-refractivity contribution is 5.75. The van der Waals surface area contributed by atoms with Crippen LogP contribution in [0.1, 0.15) is 52.0 Å². The molecule has 0 fully saturated rings. The molecule has 0 unspecified atom stereocenters. The van der Waals surface area contributed by atoms with Gasteiger partial charge in [0.2, 0.25) is 5.75 Å². The van der Waals surface area contributed by atoms with Crippen molar-refractivity contribution in [2.75, 3.05) is 55.4 Å². The van der Waals surface area contributed by atoms with E-state index in [1.807, 2.05) is 6.07 Å². The average Bonchev–Trinajstić information content (AvgIpc) is 3.61. The van der Waals surface area contributed by atoms with Crippen molar-refractivity contribution < 1.29 is 73.3 Å². The standard InChI is InChI=1S/C41H46O15/c1-49-30-15-23(8-10-28(30)46)37(47)35(20-44)54-29-11-9-24(16-31(29)50-2)38(48)36(21-45)55-41-33(52-4)17-25(18-34(41)53-5)39-27(19-43)26-13-22(7-6-12-42)14-32(51-3)40(26)56-39/h6-18,27,35-39,43-48H,19-21H2,1-5H3/b7-6+/t27-,35-,36-,37-,38+,39+/m1/s1. The summed E-state index contributed by atoms with van der Waals surface area (Å²) in [6.45, 7) is -1.51. The van der Waals surface area contributed by atoms with Crippen molar-refractivity contribution in [3.8, 4) is 51.7 Å². The van der Waals surface area contributed by atoms with Crippen molar-refractivity contribution in [3.05, 3.63) is 94.6 Å². The highest BCUT2D eigenvalue weighted by Crippen LogP contribution is 2.53. The maximum Gasteiger partial charge on any atom is 0.204 e. The largest absolute Gasteiger partial charge is 0.504 e. The van der Waals surface area contributed by atoms with E-state index in [0.29, 0.717) is 40.0 Å². The minimum absolute atomic E-state index is 0.0735. The van der Waals surface area contributed by atoms with Gasteiger partial charge in [0.05, 0.1) is 61.3 Å². The van der Waals surface area contributed by atoms with Crippen molar-refractivity contribution in [1.82, 2.24) is 0 Å². The maximum atomic E-state index is 11.5. The Hall–Kier alpha value is -5.71. The van der Waals surface area contributed by atoms with Crippen LogP contribution in [0, 0.1) is 0 Å². The Labute approximate surface area is 323 Å². The number of ether oxygens (including phenoxy) is 8. The second-order valence-electron chi connectivity index (χ2n) is 12.6. The zero-order chi connectivity index (χ0) is 40.5. The molecule has 1 aliphatic heterocycles. The number of phenols is 1. The van der Waals surface area contributed by atoms with Gasteiger partial charge < -0.3 is 68.5 Å². The van der Waals surface area contributed by atoms with Gasteiger partial charge in [-0.2, -0.15) is 0 Å². The number of methoxy groups -OCH3 is 5. The zero-order valence-corrected chi connectivity index (χ0v) is 31.4. The molecule has 0 amide bonds. The smallest absolute Gasteiger partial charge is 0.204 e. The lowest BCUT2D eigenvalue weighted by atomic mass is 9.90. The molecule has 6 N–H and O–H groups in total. The molecule has 1 aliphatic rings. The van der Waals surface area contributed by atoms with Gasteiger partial charge in [-0.25, -0.2) is 0 Å². The molecule has 0 bridgehead atoms. The van der Waals surface area contributed by atoms with Crippen molar-refractivity contribution in [2.24, 2.45) is 0 Å². The van der Waals surface area contributed by atoms with Crippen LogP contribution in [0.5, 0.6) is 51.7 Å². The van der Waals surface area contributed by atoms with Crippen LogP contribution in [-0.4, -0.2) is 105 Å². The highest BCUT2D eigenvalue weighted by atomic mass is 16.6. The molecule has 0 saturated heterocycles. The quantitative estimate of drug-likeness (QED) is 0.0591. The SMILES string of the molecule is COc1cc([C@@H](O)[C@@H](CO)Oc2ccc([C@H](O)[C@@H](CO)Oc3c(OC)cc([C@@H]4Oc5c(OC)cc(/C=C/C=O)cc5[C@H]4CO)cc3OC)cc2OC)ccc1O. The predicted octanol–water partition coefficient (Wildman–Crippen LogP) is 3.80. The minimum Gasteiger partial charge on any atom is -0.504 e. The zero-order valence-electron chi connectivity index (χ0n) is 31.4. The van der Waals surface area contributed by atoms with E-state index in [-0.39, 0.29) is 52.4 Å². The molecular formula is C41H46O15. The molecule has 0 radical (unpaired) electrons. The molecule has 300 valence electrons. The third-order valence-corrected chi connectivity index (χ3v) is 9.40. The number of allylic oxidation sites excluding steroid dienone is 1. The maximum absolute atomic E-state index is 11.5.